The van der Waals surface area contributed by atoms with E-state index in [1.165, 1.54) is 6.33 Å². The number of thiazole rings is 1. The number of aromatic amines is 1. The molecule has 0 aliphatic heterocycles. The van der Waals surface area contributed by atoms with Gasteiger partial charge >= 0.3 is 0 Å². The van der Waals surface area contributed by atoms with Gasteiger partial charge in [-0.25, -0.2) is 9.97 Å². The van der Waals surface area contributed by atoms with Gasteiger partial charge in [-0.1, -0.05) is 0 Å². The van der Waals surface area contributed by atoms with Gasteiger partial charge in [0.05, 0.1) is 21.6 Å². The lowest BCUT2D eigenvalue weighted by atomic mass is 10.2. The molecule has 0 radical (unpaired) electrons. The second-order valence-electron chi connectivity index (χ2n) is 4.19. The van der Waals surface area contributed by atoms with Crippen LogP contribution in [0.1, 0.15) is 12.2 Å². The van der Waals surface area contributed by atoms with Crippen molar-refractivity contribution < 1.29 is 0 Å². The summed E-state index contributed by atoms with van der Waals surface area (Å²) in [5, 5.41) is 10.00. The quantitative estimate of drug-likeness (QED) is 0.489. The lowest BCUT2D eigenvalue weighted by Gasteiger charge is -2.09. The fourth-order valence-electron chi connectivity index (χ4n) is 1.94. The first-order valence-corrected chi connectivity index (χ1v) is 6.92. The number of nitrogen functional groups attached to an aromatic ring is 1. The van der Waals surface area contributed by atoms with Crippen LogP contribution in [0, 0.1) is 0 Å². The Kier molecular flexibility index (Phi) is 3.28. The molecule has 2 aromatic heterocycles. The molecule has 0 unspecified atom stereocenters. The second kappa shape index (κ2) is 5.23. The van der Waals surface area contributed by atoms with Crippen LogP contribution in [0.2, 0.25) is 0 Å². The van der Waals surface area contributed by atoms with E-state index < -0.39 is 0 Å². The van der Waals surface area contributed by atoms with Gasteiger partial charge in [-0.2, -0.15) is 5.10 Å². The van der Waals surface area contributed by atoms with Crippen LogP contribution < -0.4 is 11.1 Å². The summed E-state index contributed by atoms with van der Waals surface area (Å²) in [6.07, 6.45) is 3.35. The van der Waals surface area contributed by atoms with Gasteiger partial charge in [-0.15, -0.1) is 11.3 Å². The van der Waals surface area contributed by atoms with E-state index in [0.717, 1.165) is 46.8 Å². The highest BCUT2D eigenvalue weighted by Crippen LogP contribution is 2.29. The van der Waals surface area contributed by atoms with Crippen molar-refractivity contribution in [3.8, 4) is 0 Å². The summed E-state index contributed by atoms with van der Waals surface area (Å²) in [6.45, 7) is 0.834. The molecule has 0 bridgehead atoms. The van der Waals surface area contributed by atoms with Crippen LogP contribution >= 0.6 is 11.3 Å². The molecular formula is C12H14N6S. The summed E-state index contributed by atoms with van der Waals surface area (Å²) in [4.78, 5) is 8.36. The molecule has 1 aromatic carbocycles. The smallest absolute Gasteiger partial charge is 0.137 e. The van der Waals surface area contributed by atoms with Gasteiger partial charge in [0.25, 0.3) is 0 Å². The van der Waals surface area contributed by atoms with E-state index in [2.05, 4.69) is 25.5 Å². The molecule has 6 nitrogen and oxygen atoms in total. The van der Waals surface area contributed by atoms with E-state index in [0.29, 0.717) is 0 Å². The number of fused-ring (bicyclic) bond motifs is 1. The number of aryl methyl sites for hydroxylation is 1. The molecule has 7 heteroatoms. The van der Waals surface area contributed by atoms with Gasteiger partial charge in [0.15, 0.2) is 0 Å². The summed E-state index contributed by atoms with van der Waals surface area (Å²) in [5.41, 5.74) is 10.4. The van der Waals surface area contributed by atoms with E-state index in [1.54, 1.807) is 11.3 Å². The van der Waals surface area contributed by atoms with E-state index in [9.17, 15) is 0 Å². The molecule has 2 heterocycles. The first-order chi connectivity index (χ1) is 9.34. The third-order valence-electron chi connectivity index (χ3n) is 2.91. The Morgan fingerprint density at radius 3 is 3.11 bits per heavy atom. The Hall–Kier alpha value is -2.15. The summed E-state index contributed by atoms with van der Waals surface area (Å²) < 4.78 is 1.12. The van der Waals surface area contributed by atoms with Crippen LogP contribution in [0.4, 0.5) is 11.4 Å². The molecule has 0 aliphatic rings. The van der Waals surface area contributed by atoms with Crippen molar-refractivity contribution in [1.29, 1.82) is 0 Å². The molecule has 3 aromatic rings. The minimum Gasteiger partial charge on any atom is -0.395 e. The summed E-state index contributed by atoms with van der Waals surface area (Å²) >= 11 is 1.60. The van der Waals surface area contributed by atoms with Crippen molar-refractivity contribution in [3.05, 3.63) is 29.8 Å². The van der Waals surface area contributed by atoms with Gasteiger partial charge in [0, 0.05) is 13.0 Å². The number of nitrogens with two attached hydrogens (primary N) is 1. The summed E-state index contributed by atoms with van der Waals surface area (Å²) in [6, 6.07) is 4.05. The molecule has 98 valence electrons. The number of anilines is 2. The fraction of sp³-hybridized carbons (Fsp3) is 0.250. The molecule has 4 N–H and O–H groups in total. The van der Waals surface area contributed by atoms with E-state index in [1.807, 2.05) is 17.6 Å². The van der Waals surface area contributed by atoms with Crippen molar-refractivity contribution in [2.75, 3.05) is 17.6 Å². The number of hydrogen-bond acceptors (Lipinski definition) is 6. The zero-order valence-electron chi connectivity index (χ0n) is 10.3. The van der Waals surface area contributed by atoms with Crippen molar-refractivity contribution in [1.82, 2.24) is 20.2 Å². The van der Waals surface area contributed by atoms with Crippen LogP contribution in [-0.2, 0) is 6.42 Å². The standard InChI is InChI=1S/C12H14N6S/c13-11-8(3-4-9-12(11)16-7-19-9)14-5-1-2-10-15-6-17-18-10/h3-4,6-7,14H,1-2,5,13H2,(H,15,17,18). The van der Waals surface area contributed by atoms with Crippen LogP contribution in [0.3, 0.4) is 0 Å². The zero-order chi connectivity index (χ0) is 13.1. The molecule has 0 atom stereocenters. The van der Waals surface area contributed by atoms with Crippen LogP contribution in [0.15, 0.2) is 24.0 Å². The van der Waals surface area contributed by atoms with Crippen LogP contribution in [0.25, 0.3) is 10.2 Å². The van der Waals surface area contributed by atoms with Crippen LogP contribution in [-0.4, -0.2) is 26.7 Å². The molecule has 0 fully saturated rings. The van der Waals surface area contributed by atoms with E-state index in [-0.39, 0.29) is 0 Å². The molecular weight excluding hydrogens is 260 g/mol. The molecule has 0 saturated heterocycles. The molecule has 0 amide bonds. The largest absolute Gasteiger partial charge is 0.395 e. The third kappa shape index (κ3) is 2.50. The Morgan fingerprint density at radius 1 is 1.32 bits per heavy atom. The Labute approximate surface area is 114 Å². The number of benzene rings is 1. The monoisotopic (exact) mass is 274 g/mol. The maximum atomic E-state index is 6.09. The minimum atomic E-state index is 0.721. The third-order valence-corrected chi connectivity index (χ3v) is 3.71. The number of nitrogens with zero attached hydrogens (tertiary/aromatic N) is 3. The van der Waals surface area contributed by atoms with Gasteiger partial charge in [-0.05, 0) is 18.6 Å². The van der Waals surface area contributed by atoms with Crippen molar-refractivity contribution in [3.63, 3.8) is 0 Å². The number of hydrogen-bond donors (Lipinski definition) is 3. The molecule has 0 saturated carbocycles. The zero-order valence-corrected chi connectivity index (χ0v) is 11.1. The fourth-order valence-corrected chi connectivity index (χ4v) is 2.63. The Balaban J connectivity index is 1.60. The average molecular weight is 274 g/mol. The molecule has 0 aliphatic carbocycles. The lowest BCUT2D eigenvalue weighted by Crippen LogP contribution is -2.06. The van der Waals surface area contributed by atoms with Gasteiger partial charge < -0.3 is 11.1 Å². The molecule has 19 heavy (non-hydrogen) atoms. The maximum absolute atomic E-state index is 6.09. The highest BCUT2D eigenvalue weighted by molar-refractivity contribution is 7.16. The number of nitrogens with one attached hydrogen (secondary N) is 2. The highest BCUT2D eigenvalue weighted by atomic mass is 32.1. The van der Waals surface area contributed by atoms with Gasteiger partial charge in [-0.3, -0.25) is 5.10 Å². The predicted molar refractivity (Wildman–Crippen MR) is 77.2 cm³/mol. The number of rotatable bonds is 5. The normalized spacial score (nSPS) is 10.9. The minimum absolute atomic E-state index is 0.721. The molecule has 3 rings (SSSR count). The second-order valence-corrected chi connectivity index (χ2v) is 5.07. The highest BCUT2D eigenvalue weighted by Gasteiger charge is 2.06. The van der Waals surface area contributed by atoms with Crippen molar-refractivity contribution >= 4 is 32.9 Å². The summed E-state index contributed by atoms with van der Waals surface area (Å²) in [5.74, 6) is 0.907. The van der Waals surface area contributed by atoms with Crippen molar-refractivity contribution in [2.45, 2.75) is 12.8 Å². The maximum Gasteiger partial charge on any atom is 0.137 e. The first-order valence-electron chi connectivity index (χ1n) is 6.04. The molecule has 0 spiro atoms. The predicted octanol–water partition coefficient (Wildman–Crippen LogP) is 2.04. The first kappa shape index (κ1) is 11.9. The summed E-state index contributed by atoms with van der Waals surface area (Å²) in [7, 11) is 0. The number of H-pyrrole nitrogens is 1. The number of aromatic nitrogens is 4. The van der Waals surface area contributed by atoms with Crippen LogP contribution in [0.5, 0.6) is 0 Å². The SMILES string of the molecule is Nc1c(NCCCc2ncn[nH]2)ccc2scnc12. The van der Waals surface area contributed by atoms with E-state index in [4.69, 9.17) is 5.73 Å². The topological polar surface area (TPSA) is 92.5 Å². The lowest BCUT2D eigenvalue weighted by molar-refractivity contribution is 0.806. The average Bonchev–Trinajstić information content (AvgIpc) is 3.08. The Bertz CT molecular complexity index is 660. The van der Waals surface area contributed by atoms with Gasteiger partial charge in [0.2, 0.25) is 0 Å². The van der Waals surface area contributed by atoms with Gasteiger partial charge in [0.1, 0.15) is 17.7 Å². The van der Waals surface area contributed by atoms with Crippen molar-refractivity contribution in [2.24, 2.45) is 0 Å². The van der Waals surface area contributed by atoms with E-state index >= 15 is 0 Å². The Morgan fingerprint density at radius 2 is 2.26 bits per heavy atom.